The van der Waals surface area contributed by atoms with Crippen LogP contribution in [-0.4, -0.2) is 20.1 Å². The van der Waals surface area contributed by atoms with Gasteiger partial charge in [-0.3, -0.25) is 4.79 Å². The number of aryl methyl sites for hydroxylation is 2. The quantitative estimate of drug-likeness (QED) is 0.780. The van der Waals surface area contributed by atoms with Crippen LogP contribution in [-0.2, 0) is 12.8 Å². The standard InChI is InChI=1S/C18H20ClNO3S/c1-22-14-10-13(15(23-2)9-12(14)19)20-18(21)17-8-11-6-4-3-5-7-16(11)24-17/h8-10H,3-7H2,1-2H3,(H,20,21). The van der Waals surface area contributed by atoms with Gasteiger partial charge in [0.15, 0.2) is 0 Å². The van der Waals surface area contributed by atoms with E-state index in [9.17, 15) is 4.79 Å². The number of benzene rings is 1. The molecule has 0 spiro atoms. The van der Waals surface area contributed by atoms with Gasteiger partial charge in [-0.05, 0) is 37.3 Å². The van der Waals surface area contributed by atoms with Crippen LogP contribution in [0.15, 0.2) is 18.2 Å². The van der Waals surface area contributed by atoms with Gasteiger partial charge in [-0.15, -0.1) is 11.3 Å². The van der Waals surface area contributed by atoms with Crippen molar-refractivity contribution in [2.75, 3.05) is 19.5 Å². The lowest BCUT2D eigenvalue weighted by Gasteiger charge is -2.12. The molecule has 6 heteroatoms. The number of fused-ring (bicyclic) bond motifs is 1. The van der Waals surface area contributed by atoms with Crippen molar-refractivity contribution in [2.24, 2.45) is 0 Å². The second kappa shape index (κ2) is 7.45. The Morgan fingerprint density at radius 1 is 1.08 bits per heavy atom. The van der Waals surface area contributed by atoms with Gasteiger partial charge in [-0.2, -0.15) is 0 Å². The molecule has 1 aliphatic carbocycles. The van der Waals surface area contributed by atoms with Gasteiger partial charge in [0.2, 0.25) is 0 Å². The number of hydrogen-bond acceptors (Lipinski definition) is 4. The summed E-state index contributed by atoms with van der Waals surface area (Å²) < 4.78 is 10.5. The fourth-order valence-corrected chi connectivity index (χ4v) is 4.30. The number of rotatable bonds is 4. The maximum Gasteiger partial charge on any atom is 0.265 e. The Labute approximate surface area is 150 Å². The van der Waals surface area contributed by atoms with Crippen molar-refractivity contribution in [1.29, 1.82) is 0 Å². The normalized spacial score (nSPS) is 13.8. The number of halogens is 1. The van der Waals surface area contributed by atoms with Gasteiger partial charge in [0.05, 0.1) is 29.8 Å². The first-order valence-corrected chi connectivity index (χ1v) is 9.16. The van der Waals surface area contributed by atoms with E-state index in [1.807, 2.05) is 6.07 Å². The fraction of sp³-hybridized carbons (Fsp3) is 0.389. The monoisotopic (exact) mass is 365 g/mol. The highest BCUT2D eigenvalue weighted by Gasteiger charge is 2.18. The zero-order chi connectivity index (χ0) is 17.1. The van der Waals surface area contributed by atoms with Crippen LogP contribution in [0.4, 0.5) is 5.69 Å². The molecule has 0 atom stereocenters. The van der Waals surface area contributed by atoms with Crippen LogP contribution in [0.5, 0.6) is 11.5 Å². The maximum atomic E-state index is 12.6. The summed E-state index contributed by atoms with van der Waals surface area (Å²) in [6.45, 7) is 0. The number of methoxy groups -OCH3 is 2. The molecule has 3 rings (SSSR count). The number of thiophene rings is 1. The highest BCUT2D eigenvalue weighted by Crippen LogP contribution is 2.36. The molecule has 0 bridgehead atoms. The summed E-state index contributed by atoms with van der Waals surface area (Å²) in [5.74, 6) is 0.873. The molecule has 0 aliphatic heterocycles. The molecule has 1 aromatic carbocycles. The Kier molecular flexibility index (Phi) is 5.31. The summed E-state index contributed by atoms with van der Waals surface area (Å²) in [6.07, 6.45) is 5.82. The largest absolute Gasteiger partial charge is 0.495 e. The smallest absolute Gasteiger partial charge is 0.265 e. The van der Waals surface area contributed by atoms with Crippen LogP contribution in [0.1, 0.15) is 39.4 Å². The van der Waals surface area contributed by atoms with E-state index in [2.05, 4.69) is 5.32 Å². The van der Waals surface area contributed by atoms with Crippen LogP contribution in [0, 0.1) is 0 Å². The zero-order valence-corrected chi connectivity index (χ0v) is 15.4. The van der Waals surface area contributed by atoms with Crippen LogP contribution in [0.3, 0.4) is 0 Å². The Morgan fingerprint density at radius 3 is 2.58 bits per heavy atom. The van der Waals surface area contributed by atoms with E-state index < -0.39 is 0 Å². The number of anilines is 1. The summed E-state index contributed by atoms with van der Waals surface area (Å²) >= 11 is 7.69. The minimum atomic E-state index is -0.129. The van der Waals surface area contributed by atoms with Gasteiger partial charge in [0, 0.05) is 17.0 Å². The van der Waals surface area contributed by atoms with Crippen molar-refractivity contribution in [3.05, 3.63) is 38.5 Å². The summed E-state index contributed by atoms with van der Waals surface area (Å²) in [6, 6.07) is 5.34. The van der Waals surface area contributed by atoms with E-state index in [1.54, 1.807) is 30.6 Å². The molecule has 0 unspecified atom stereocenters. The number of hydrogen-bond donors (Lipinski definition) is 1. The number of carbonyl (C=O) groups excluding carboxylic acids is 1. The predicted octanol–water partition coefficient (Wildman–Crippen LogP) is 4.94. The van der Waals surface area contributed by atoms with E-state index in [4.69, 9.17) is 21.1 Å². The molecule has 1 aliphatic rings. The van der Waals surface area contributed by atoms with E-state index >= 15 is 0 Å². The third-order valence-corrected chi connectivity index (χ3v) is 5.72. The van der Waals surface area contributed by atoms with Gasteiger partial charge in [-0.25, -0.2) is 0 Å². The van der Waals surface area contributed by atoms with E-state index in [0.717, 1.165) is 17.7 Å². The summed E-state index contributed by atoms with van der Waals surface area (Å²) in [4.78, 5) is 14.7. The van der Waals surface area contributed by atoms with E-state index in [0.29, 0.717) is 22.2 Å². The molecular weight excluding hydrogens is 346 g/mol. The fourth-order valence-electron chi connectivity index (χ4n) is 2.92. The minimum Gasteiger partial charge on any atom is -0.495 e. The Hall–Kier alpha value is -1.72. The van der Waals surface area contributed by atoms with E-state index in [1.165, 1.54) is 36.8 Å². The SMILES string of the molecule is COc1cc(NC(=O)c2cc3c(s2)CCCCC3)c(OC)cc1Cl. The third-order valence-electron chi connectivity index (χ3n) is 4.19. The van der Waals surface area contributed by atoms with Gasteiger partial charge >= 0.3 is 0 Å². The molecule has 2 aromatic rings. The van der Waals surface area contributed by atoms with Crippen LogP contribution in [0.2, 0.25) is 5.02 Å². The van der Waals surface area contributed by atoms with Crippen LogP contribution >= 0.6 is 22.9 Å². The molecule has 128 valence electrons. The molecule has 1 N–H and O–H groups in total. The third kappa shape index (κ3) is 3.52. The molecule has 1 heterocycles. The zero-order valence-electron chi connectivity index (χ0n) is 13.8. The van der Waals surface area contributed by atoms with E-state index in [-0.39, 0.29) is 5.91 Å². The summed E-state index contributed by atoms with van der Waals surface area (Å²) in [7, 11) is 3.08. The second-order valence-corrected chi connectivity index (χ2v) is 7.30. The first kappa shape index (κ1) is 17.1. The first-order valence-electron chi connectivity index (χ1n) is 7.97. The number of carbonyl (C=O) groups is 1. The minimum absolute atomic E-state index is 0.129. The summed E-state index contributed by atoms with van der Waals surface area (Å²) in [5, 5.41) is 3.35. The lowest BCUT2D eigenvalue weighted by molar-refractivity contribution is 0.103. The van der Waals surface area contributed by atoms with Crippen molar-refractivity contribution in [1.82, 2.24) is 0 Å². The van der Waals surface area contributed by atoms with Crippen LogP contribution in [0.25, 0.3) is 0 Å². The molecule has 1 aromatic heterocycles. The van der Waals surface area contributed by atoms with Crippen molar-refractivity contribution < 1.29 is 14.3 Å². The van der Waals surface area contributed by atoms with Crippen molar-refractivity contribution in [3.8, 4) is 11.5 Å². The highest BCUT2D eigenvalue weighted by atomic mass is 35.5. The highest BCUT2D eigenvalue weighted by molar-refractivity contribution is 7.14. The average Bonchev–Trinajstić information content (AvgIpc) is 2.87. The molecule has 0 saturated carbocycles. The second-order valence-electron chi connectivity index (χ2n) is 5.76. The topological polar surface area (TPSA) is 47.6 Å². The van der Waals surface area contributed by atoms with Gasteiger partial charge < -0.3 is 14.8 Å². The van der Waals surface area contributed by atoms with Crippen molar-refractivity contribution >= 4 is 34.5 Å². The van der Waals surface area contributed by atoms with Gasteiger partial charge in [-0.1, -0.05) is 18.0 Å². The molecule has 24 heavy (non-hydrogen) atoms. The first-order chi connectivity index (χ1) is 11.6. The number of nitrogens with one attached hydrogen (secondary N) is 1. The molecule has 0 fully saturated rings. The van der Waals surface area contributed by atoms with Gasteiger partial charge in [0.1, 0.15) is 11.5 Å². The van der Waals surface area contributed by atoms with Crippen molar-refractivity contribution in [2.45, 2.75) is 32.1 Å². The molecule has 0 saturated heterocycles. The summed E-state index contributed by atoms with van der Waals surface area (Å²) in [5.41, 5.74) is 1.87. The Bertz CT molecular complexity index is 733. The predicted molar refractivity (Wildman–Crippen MR) is 98.1 cm³/mol. The molecular formula is C18H20ClNO3S. The molecule has 4 nitrogen and oxygen atoms in total. The molecule has 0 radical (unpaired) electrons. The maximum absolute atomic E-state index is 12.6. The number of ether oxygens (including phenoxy) is 2. The molecule has 1 amide bonds. The number of amides is 1. The lowest BCUT2D eigenvalue weighted by Crippen LogP contribution is -2.11. The average molecular weight is 366 g/mol. The van der Waals surface area contributed by atoms with Gasteiger partial charge in [0.25, 0.3) is 5.91 Å². The van der Waals surface area contributed by atoms with Crippen LogP contribution < -0.4 is 14.8 Å². The lowest BCUT2D eigenvalue weighted by atomic mass is 10.1. The van der Waals surface area contributed by atoms with Crippen molar-refractivity contribution in [3.63, 3.8) is 0 Å². The Morgan fingerprint density at radius 2 is 1.83 bits per heavy atom. The Balaban J connectivity index is 1.84.